The second-order valence-electron chi connectivity index (χ2n) is 5.10. The first-order valence-electron chi connectivity index (χ1n) is 6.80. The van der Waals surface area contributed by atoms with Gasteiger partial charge in [-0.25, -0.2) is 0 Å². The number of rotatable bonds is 2. The number of nitrogens with one attached hydrogen (secondary N) is 2. The van der Waals surface area contributed by atoms with Crippen molar-refractivity contribution in [3.63, 3.8) is 0 Å². The van der Waals surface area contributed by atoms with Gasteiger partial charge in [-0.2, -0.15) is 0 Å². The first-order chi connectivity index (χ1) is 10.1. The Bertz CT molecular complexity index is 871. The van der Waals surface area contributed by atoms with Crippen LogP contribution >= 0.6 is 0 Å². The molecule has 3 rings (SSSR count). The zero-order valence-electron chi connectivity index (χ0n) is 12.1. The highest BCUT2D eigenvalue weighted by Crippen LogP contribution is 2.19. The summed E-state index contributed by atoms with van der Waals surface area (Å²) in [6.07, 6.45) is 1.79. The van der Waals surface area contributed by atoms with Gasteiger partial charge in [0.1, 0.15) is 11.3 Å². The van der Waals surface area contributed by atoms with Crippen LogP contribution in [0.4, 0.5) is 0 Å². The first-order valence-corrected chi connectivity index (χ1v) is 6.80. The Labute approximate surface area is 122 Å². The number of pyridine rings is 2. The van der Waals surface area contributed by atoms with E-state index in [1.165, 1.54) is 0 Å². The monoisotopic (exact) mass is 279 g/mol. The van der Waals surface area contributed by atoms with E-state index in [2.05, 4.69) is 9.55 Å². The average Bonchev–Trinajstić information content (AvgIpc) is 2.75. The third kappa shape index (κ3) is 2.27. The Morgan fingerprint density at radius 3 is 2.67 bits per heavy atom. The molecule has 5 heteroatoms. The molecule has 3 aromatic heterocycles. The van der Waals surface area contributed by atoms with Crippen LogP contribution in [0, 0.1) is 17.7 Å². The molecule has 3 aromatic rings. The first kappa shape index (κ1) is 13.3. The number of hydrogen-bond acceptors (Lipinski definition) is 3. The summed E-state index contributed by atoms with van der Waals surface area (Å²) in [7, 11) is 0. The smallest absolute Gasteiger partial charge is 0.130 e. The van der Waals surface area contributed by atoms with Crippen LogP contribution in [0.15, 0.2) is 42.6 Å². The number of nitrogens with zero attached hydrogens (tertiary/aromatic N) is 3. The molecule has 0 aromatic carbocycles. The quantitative estimate of drug-likeness (QED) is 0.549. The molecule has 0 fully saturated rings. The van der Waals surface area contributed by atoms with Gasteiger partial charge in [0, 0.05) is 11.9 Å². The minimum absolute atomic E-state index is 0.324. The molecule has 0 bridgehead atoms. The lowest BCUT2D eigenvalue weighted by Crippen LogP contribution is -2.24. The second-order valence-corrected chi connectivity index (χ2v) is 5.10. The van der Waals surface area contributed by atoms with Gasteiger partial charge in [-0.1, -0.05) is 6.07 Å². The number of hydrogen-bond donors (Lipinski definition) is 2. The summed E-state index contributed by atoms with van der Waals surface area (Å²) >= 11 is 0. The molecule has 0 aliphatic rings. The van der Waals surface area contributed by atoms with Gasteiger partial charge in [0.05, 0.1) is 23.3 Å². The van der Waals surface area contributed by atoms with Crippen LogP contribution in [0.1, 0.15) is 18.3 Å². The van der Waals surface area contributed by atoms with Crippen LogP contribution in [0.25, 0.3) is 11.0 Å². The molecular formula is C16H17N5. The van der Waals surface area contributed by atoms with Gasteiger partial charge in [-0.15, -0.1) is 0 Å². The number of fused-ring (bicyclic) bond motifs is 1. The highest BCUT2D eigenvalue weighted by atomic mass is 15.1. The van der Waals surface area contributed by atoms with Crippen LogP contribution in [0.3, 0.4) is 0 Å². The van der Waals surface area contributed by atoms with Crippen molar-refractivity contribution in [3.05, 3.63) is 59.5 Å². The largest absolute Gasteiger partial charge is 0.338 e. The van der Waals surface area contributed by atoms with Gasteiger partial charge < -0.3 is 4.57 Å². The van der Waals surface area contributed by atoms with Crippen LogP contribution in [0.5, 0.6) is 0 Å². The van der Waals surface area contributed by atoms with Crippen molar-refractivity contribution in [2.75, 3.05) is 0 Å². The van der Waals surface area contributed by atoms with E-state index >= 15 is 0 Å². The zero-order chi connectivity index (χ0) is 15.0. The van der Waals surface area contributed by atoms with E-state index in [0.717, 1.165) is 22.4 Å². The van der Waals surface area contributed by atoms with Crippen molar-refractivity contribution < 1.29 is 0 Å². The maximum Gasteiger partial charge on any atom is 0.130 e. The SMILES string of the molecule is CC(=N)n1c(=N)ccc2c1cc(C)n2Cc1ccccn1. The van der Waals surface area contributed by atoms with E-state index in [1.807, 2.05) is 37.3 Å². The van der Waals surface area contributed by atoms with Gasteiger partial charge in [-0.3, -0.25) is 20.4 Å². The summed E-state index contributed by atoms with van der Waals surface area (Å²) < 4.78 is 3.81. The predicted molar refractivity (Wildman–Crippen MR) is 82.7 cm³/mol. The van der Waals surface area contributed by atoms with Gasteiger partial charge in [0.15, 0.2) is 0 Å². The highest BCUT2D eigenvalue weighted by molar-refractivity contribution is 5.90. The van der Waals surface area contributed by atoms with Gasteiger partial charge in [0.25, 0.3) is 0 Å². The van der Waals surface area contributed by atoms with Crippen molar-refractivity contribution in [1.82, 2.24) is 14.1 Å². The number of aromatic nitrogens is 3. The van der Waals surface area contributed by atoms with Crippen molar-refractivity contribution in [2.45, 2.75) is 20.4 Å². The van der Waals surface area contributed by atoms with Crippen molar-refractivity contribution >= 4 is 16.9 Å². The summed E-state index contributed by atoms with van der Waals surface area (Å²) in [5, 5.41) is 15.9. The lowest BCUT2D eigenvalue weighted by molar-refractivity contribution is 0.779. The molecule has 0 aliphatic carbocycles. The molecule has 0 radical (unpaired) electrons. The fraction of sp³-hybridized carbons (Fsp3) is 0.188. The molecule has 3 heterocycles. The molecule has 2 N–H and O–H groups in total. The van der Waals surface area contributed by atoms with Crippen LogP contribution < -0.4 is 5.49 Å². The molecule has 0 spiro atoms. The minimum atomic E-state index is 0.324. The Kier molecular flexibility index (Phi) is 3.17. The average molecular weight is 279 g/mol. The molecule has 0 saturated carbocycles. The van der Waals surface area contributed by atoms with Gasteiger partial charge >= 0.3 is 0 Å². The Morgan fingerprint density at radius 2 is 2.00 bits per heavy atom. The fourth-order valence-electron chi connectivity index (χ4n) is 2.62. The minimum Gasteiger partial charge on any atom is -0.338 e. The predicted octanol–water partition coefficient (Wildman–Crippen LogP) is 2.52. The van der Waals surface area contributed by atoms with E-state index in [-0.39, 0.29) is 0 Å². The standard InChI is InChI=1S/C16H17N5/c1-11-9-15-14(6-7-16(18)21(15)12(2)17)20(11)10-13-5-3-4-8-19-13/h3-9,17-18H,10H2,1-2H3. The molecule has 0 aliphatic heterocycles. The lowest BCUT2D eigenvalue weighted by atomic mass is 10.3. The van der Waals surface area contributed by atoms with Crippen molar-refractivity contribution in [2.24, 2.45) is 0 Å². The molecule has 0 unspecified atom stereocenters. The summed E-state index contributed by atoms with van der Waals surface area (Å²) in [6.45, 7) is 4.42. The molecule has 106 valence electrons. The topological polar surface area (TPSA) is 70.5 Å². The van der Waals surface area contributed by atoms with Crippen LogP contribution in [-0.2, 0) is 6.54 Å². The van der Waals surface area contributed by atoms with E-state index in [0.29, 0.717) is 17.9 Å². The van der Waals surface area contributed by atoms with Crippen LogP contribution in [0.2, 0.25) is 0 Å². The zero-order valence-corrected chi connectivity index (χ0v) is 12.1. The van der Waals surface area contributed by atoms with Crippen LogP contribution in [-0.4, -0.2) is 20.0 Å². The molecule has 5 nitrogen and oxygen atoms in total. The van der Waals surface area contributed by atoms with E-state index in [9.17, 15) is 0 Å². The van der Waals surface area contributed by atoms with Crippen molar-refractivity contribution in [3.8, 4) is 0 Å². The molecule has 0 amide bonds. The Hall–Kier alpha value is -2.69. The summed E-state index contributed by atoms with van der Waals surface area (Å²) in [5.41, 5.74) is 4.32. The summed E-state index contributed by atoms with van der Waals surface area (Å²) in [6, 6.07) is 11.6. The third-order valence-electron chi connectivity index (χ3n) is 3.59. The van der Waals surface area contributed by atoms with Gasteiger partial charge in [-0.05, 0) is 44.2 Å². The lowest BCUT2D eigenvalue weighted by Gasteiger charge is -2.10. The molecule has 0 saturated heterocycles. The fourth-order valence-corrected chi connectivity index (χ4v) is 2.62. The Morgan fingerprint density at radius 1 is 1.19 bits per heavy atom. The summed E-state index contributed by atoms with van der Waals surface area (Å²) in [4.78, 5) is 4.37. The van der Waals surface area contributed by atoms with Gasteiger partial charge in [0.2, 0.25) is 0 Å². The van der Waals surface area contributed by atoms with E-state index < -0.39 is 0 Å². The highest BCUT2D eigenvalue weighted by Gasteiger charge is 2.11. The maximum absolute atomic E-state index is 7.98. The molecule has 21 heavy (non-hydrogen) atoms. The summed E-state index contributed by atoms with van der Waals surface area (Å²) in [5.74, 6) is 0.348. The Balaban J connectivity index is 2.21. The normalized spacial score (nSPS) is 11.0. The maximum atomic E-state index is 7.98. The molecular weight excluding hydrogens is 262 g/mol. The molecule has 0 atom stereocenters. The van der Waals surface area contributed by atoms with E-state index in [4.69, 9.17) is 10.8 Å². The number of aryl methyl sites for hydroxylation is 1. The van der Waals surface area contributed by atoms with Crippen molar-refractivity contribution in [1.29, 1.82) is 10.8 Å². The second kappa shape index (κ2) is 5.01. The van der Waals surface area contributed by atoms with E-state index in [1.54, 1.807) is 23.8 Å². The third-order valence-corrected chi connectivity index (χ3v) is 3.59.